The summed E-state index contributed by atoms with van der Waals surface area (Å²) < 4.78 is 5.70. The van der Waals surface area contributed by atoms with Crippen LogP contribution >= 0.6 is 11.6 Å². The zero-order valence-electron chi connectivity index (χ0n) is 18.0. The van der Waals surface area contributed by atoms with Crippen molar-refractivity contribution in [3.63, 3.8) is 0 Å². The van der Waals surface area contributed by atoms with Crippen molar-refractivity contribution in [3.05, 3.63) is 59.7 Å². The molecule has 0 radical (unpaired) electrons. The number of nitrogens with zero attached hydrogens (tertiary/aromatic N) is 1. The summed E-state index contributed by atoms with van der Waals surface area (Å²) >= 11 is 6.01. The van der Waals surface area contributed by atoms with E-state index in [1.165, 1.54) is 43.2 Å². The largest absolute Gasteiger partial charge is 0.417 e. The molecule has 3 unspecified atom stereocenters. The van der Waals surface area contributed by atoms with E-state index in [1.54, 1.807) is 0 Å². The van der Waals surface area contributed by atoms with Crippen LogP contribution in [0.25, 0.3) is 0 Å². The topological polar surface area (TPSA) is 41.6 Å². The lowest BCUT2D eigenvalue weighted by Crippen LogP contribution is -2.61. The van der Waals surface area contributed by atoms with E-state index in [0.717, 1.165) is 37.5 Å². The number of amides is 1. The van der Waals surface area contributed by atoms with E-state index in [-0.39, 0.29) is 5.41 Å². The summed E-state index contributed by atoms with van der Waals surface area (Å²) in [6.07, 6.45) is 8.11. The smallest absolute Gasteiger partial charge is 0.410 e. The number of nitrogens with one attached hydrogen (secondary N) is 1. The van der Waals surface area contributed by atoms with Crippen molar-refractivity contribution in [2.24, 2.45) is 5.92 Å². The summed E-state index contributed by atoms with van der Waals surface area (Å²) in [4.78, 5) is 15.1. The number of halogens is 1. The predicted octanol–water partition coefficient (Wildman–Crippen LogP) is 5.98. The molecule has 4 nitrogen and oxygen atoms in total. The van der Waals surface area contributed by atoms with Gasteiger partial charge in [0.2, 0.25) is 0 Å². The van der Waals surface area contributed by atoms with Gasteiger partial charge in [-0.25, -0.2) is 4.79 Å². The second kappa shape index (κ2) is 8.84. The van der Waals surface area contributed by atoms with Gasteiger partial charge < -0.3 is 4.74 Å². The highest BCUT2D eigenvalue weighted by Gasteiger charge is 2.53. The van der Waals surface area contributed by atoms with Crippen LogP contribution in [0.5, 0.6) is 5.75 Å². The first-order chi connectivity index (χ1) is 15.2. The van der Waals surface area contributed by atoms with Crippen molar-refractivity contribution in [2.45, 2.75) is 56.4 Å². The summed E-state index contributed by atoms with van der Waals surface area (Å²) in [5.41, 5.74) is 3.86. The lowest BCUT2D eigenvalue weighted by Gasteiger charge is -2.59. The fraction of sp³-hybridized carbons (Fsp3) is 0.500. The maximum atomic E-state index is 12.4. The number of piperidine rings is 1. The van der Waals surface area contributed by atoms with Crippen LogP contribution in [0.3, 0.4) is 0 Å². The quantitative estimate of drug-likeness (QED) is 0.583. The highest BCUT2D eigenvalue weighted by Crippen LogP contribution is 2.56. The number of ether oxygens (including phenoxy) is 1. The number of alkyl halides is 1. The zero-order chi connectivity index (χ0) is 21.3. The summed E-state index contributed by atoms with van der Waals surface area (Å²) in [7, 11) is 0. The van der Waals surface area contributed by atoms with Crippen molar-refractivity contribution in [2.75, 3.05) is 24.3 Å². The molecule has 2 aliphatic carbocycles. The summed E-state index contributed by atoms with van der Waals surface area (Å²) in [5.74, 6) is 2.08. The van der Waals surface area contributed by atoms with Gasteiger partial charge in [-0.2, -0.15) is 0 Å². The molecular weight excluding hydrogens is 408 g/mol. The Morgan fingerprint density at radius 2 is 2.03 bits per heavy atom. The highest BCUT2D eigenvalue weighted by atomic mass is 35.5. The molecule has 0 spiro atoms. The molecule has 3 aliphatic rings. The van der Waals surface area contributed by atoms with Crippen LogP contribution in [0.15, 0.2) is 48.5 Å². The minimum absolute atomic E-state index is 0.239. The van der Waals surface area contributed by atoms with Crippen LogP contribution < -0.4 is 10.1 Å². The van der Waals surface area contributed by atoms with Crippen molar-refractivity contribution in [1.82, 2.24) is 4.90 Å². The van der Waals surface area contributed by atoms with Crippen molar-refractivity contribution in [3.8, 4) is 5.75 Å². The Morgan fingerprint density at radius 3 is 2.87 bits per heavy atom. The normalized spacial score (nSPS) is 27.1. The number of carbonyl (C=O) groups is 1. The Balaban J connectivity index is 1.40. The monoisotopic (exact) mass is 438 g/mol. The molecule has 2 aromatic rings. The summed E-state index contributed by atoms with van der Waals surface area (Å²) in [5, 5.41) is 2.82. The number of hydrogen-bond donors (Lipinski definition) is 1. The van der Waals surface area contributed by atoms with E-state index in [2.05, 4.69) is 22.3 Å². The zero-order valence-corrected chi connectivity index (χ0v) is 18.7. The summed E-state index contributed by atoms with van der Waals surface area (Å²) in [6, 6.07) is 16.4. The molecule has 1 saturated carbocycles. The van der Waals surface area contributed by atoms with Crippen LogP contribution in [-0.2, 0) is 11.8 Å². The molecule has 1 saturated heterocycles. The molecule has 0 aromatic heterocycles. The first-order valence-corrected chi connectivity index (χ1v) is 12.2. The Bertz CT molecular complexity index is 934. The third kappa shape index (κ3) is 3.96. The van der Waals surface area contributed by atoms with Gasteiger partial charge in [-0.15, -0.1) is 11.6 Å². The van der Waals surface area contributed by atoms with E-state index in [0.29, 0.717) is 17.7 Å². The number of fused-ring (bicyclic) bond motifs is 1. The molecule has 5 rings (SSSR count). The van der Waals surface area contributed by atoms with Crippen LogP contribution in [0.1, 0.15) is 49.7 Å². The highest BCUT2D eigenvalue weighted by molar-refractivity contribution is 6.17. The molecule has 1 amide bonds. The molecule has 5 heteroatoms. The van der Waals surface area contributed by atoms with Crippen LogP contribution in [0, 0.1) is 5.92 Å². The van der Waals surface area contributed by atoms with Crippen LogP contribution in [-0.4, -0.2) is 36.0 Å². The molecule has 3 atom stereocenters. The Kier molecular flexibility index (Phi) is 5.94. The Hall–Kier alpha value is -2.04. The lowest BCUT2D eigenvalue weighted by molar-refractivity contribution is -0.0110. The number of para-hydroxylation sites is 1. The lowest BCUT2D eigenvalue weighted by atomic mass is 9.52. The van der Waals surface area contributed by atoms with E-state index < -0.39 is 6.09 Å². The Morgan fingerprint density at radius 1 is 1.16 bits per heavy atom. The first kappa shape index (κ1) is 20.8. The van der Waals surface area contributed by atoms with Crippen molar-refractivity contribution in [1.29, 1.82) is 0 Å². The minimum atomic E-state index is -0.437. The number of likely N-dealkylation sites (tertiary alicyclic amines) is 1. The summed E-state index contributed by atoms with van der Waals surface area (Å²) in [6.45, 7) is 2.26. The molecular formula is C26H31ClN2O2. The van der Waals surface area contributed by atoms with E-state index in [1.807, 2.05) is 36.4 Å². The third-order valence-electron chi connectivity index (χ3n) is 7.73. The molecule has 31 heavy (non-hydrogen) atoms. The average Bonchev–Trinajstić information content (AvgIpc) is 2.79. The number of carbonyl (C=O) groups excluding carboxylic acids is 1. The minimum Gasteiger partial charge on any atom is -0.410 e. The average molecular weight is 439 g/mol. The van der Waals surface area contributed by atoms with Gasteiger partial charge in [0, 0.05) is 23.0 Å². The van der Waals surface area contributed by atoms with Crippen molar-refractivity contribution >= 4 is 23.4 Å². The van der Waals surface area contributed by atoms with Crippen molar-refractivity contribution < 1.29 is 9.53 Å². The maximum Gasteiger partial charge on any atom is 0.417 e. The van der Waals surface area contributed by atoms with E-state index >= 15 is 0 Å². The van der Waals surface area contributed by atoms with Gasteiger partial charge in [0.1, 0.15) is 5.75 Å². The van der Waals surface area contributed by atoms with Crippen LogP contribution in [0.2, 0.25) is 0 Å². The molecule has 1 heterocycles. The first-order valence-electron chi connectivity index (χ1n) is 11.7. The Labute approximate surface area is 189 Å². The molecule has 1 aliphatic heterocycles. The fourth-order valence-electron chi connectivity index (χ4n) is 6.44. The third-order valence-corrected chi connectivity index (χ3v) is 8.00. The number of rotatable bonds is 5. The van der Waals surface area contributed by atoms with Gasteiger partial charge in [-0.3, -0.25) is 10.2 Å². The van der Waals surface area contributed by atoms with Gasteiger partial charge >= 0.3 is 6.09 Å². The second-order valence-corrected chi connectivity index (χ2v) is 9.69. The molecule has 1 N–H and O–H groups in total. The SMILES string of the molecule is O=C(Nc1ccccc1)Oc1ccc2c(c1)C13CCCCC1C(C2)N(CCCCl)CC3. The fourth-order valence-corrected chi connectivity index (χ4v) is 6.56. The standard InChI is InChI=1S/C26H31ClN2O2/c27-14-6-15-29-16-13-26-12-5-4-9-22(26)24(29)17-19-10-11-21(18-23(19)26)31-25(30)28-20-7-2-1-3-8-20/h1-3,7-8,10-11,18,22,24H,4-6,9,12-17H2,(H,28,30). The second-order valence-electron chi connectivity index (χ2n) is 9.31. The van der Waals surface area contributed by atoms with Gasteiger partial charge in [0.05, 0.1) is 0 Å². The maximum absolute atomic E-state index is 12.4. The molecule has 2 aromatic carbocycles. The van der Waals surface area contributed by atoms with Gasteiger partial charge in [-0.05, 0) is 86.5 Å². The van der Waals surface area contributed by atoms with Gasteiger partial charge in [-0.1, -0.05) is 37.1 Å². The molecule has 2 bridgehead atoms. The van der Waals surface area contributed by atoms with Crippen LogP contribution in [0.4, 0.5) is 10.5 Å². The van der Waals surface area contributed by atoms with Gasteiger partial charge in [0.15, 0.2) is 0 Å². The number of anilines is 1. The predicted molar refractivity (Wildman–Crippen MR) is 125 cm³/mol. The molecule has 164 valence electrons. The van der Waals surface area contributed by atoms with Gasteiger partial charge in [0.25, 0.3) is 0 Å². The number of benzene rings is 2. The van der Waals surface area contributed by atoms with E-state index in [4.69, 9.17) is 16.3 Å². The van der Waals surface area contributed by atoms with E-state index in [9.17, 15) is 4.79 Å². The molecule has 2 fully saturated rings. The number of hydrogen-bond acceptors (Lipinski definition) is 3.